The van der Waals surface area contributed by atoms with Crippen LogP contribution in [0.3, 0.4) is 0 Å². The van der Waals surface area contributed by atoms with E-state index in [1.165, 1.54) is 12.6 Å². The zero-order valence-electron chi connectivity index (χ0n) is 20.6. The SMILES string of the molecule is C#C[C@H]1[C@H](O)[C@@H](COP(=O)(S)OP(=O)(O)OC2OC([C@@H](O)CO)C(O)C(O)C2O)O[C@H]1c1coc2c(N)ncnc12. The Balaban J connectivity index is 1.41. The van der Waals surface area contributed by atoms with Crippen LogP contribution in [0.2, 0.25) is 0 Å². The largest absolute Gasteiger partial charge is 0.482 e. The van der Waals surface area contributed by atoms with Crippen molar-refractivity contribution < 1.29 is 71.9 Å². The summed E-state index contributed by atoms with van der Waals surface area (Å²) in [7, 11) is -5.47. The number of phosphoric ester groups is 1. The van der Waals surface area contributed by atoms with E-state index >= 15 is 0 Å². The van der Waals surface area contributed by atoms with Crippen LogP contribution in [0, 0.1) is 18.3 Å². The van der Waals surface area contributed by atoms with Crippen molar-refractivity contribution in [3.05, 3.63) is 18.2 Å². The number of nitrogens with zero attached hydrogens (tertiary/aromatic N) is 2. The summed E-state index contributed by atoms with van der Waals surface area (Å²) in [5.74, 6) is 1.47. The molecule has 0 bridgehead atoms. The number of hydrogen-bond donors (Lipinski definition) is 9. The maximum atomic E-state index is 12.7. The third kappa shape index (κ3) is 6.78. The Morgan fingerprint density at radius 3 is 2.51 bits per heavy atom. The summed E-state index contributed by atoms with van der Waals surface area (Å²) < 4.78 is 55.6. The maximum Gasteiger partial charge on any atom is 0.482 e. The quantitative estimate of drug-likeness (QED) is 0.0784. The minimum Gasteiger partial charge on any atom is -0.458 e. The van der Waals surface area contributed by atoms with Gasteiger partial charge in [0, 0.05) is 5.56 Å². The van der Waals surface area contributed by atoms with E-state index in [2.05, 4.69) is 37.0 Å². The van der Waals surface area contributed by atoms with Gasteiger partial charge in [0.15, 0.2) is 17.7 Å². The Hall–Kier alpha value is -1.69. The predicted molar refractivity (Wildman–Crippen MR) is 136 cm³/mol. The van der Waals surface area contributed by atoms with Gasteiger partial charge in [-0.05, 0) is 0 Å². The number of aliphatic hydroxyl groups is 6. The Morgan fingerprint density at radius 1 is 1.15 bits per heavy atom. The Morgan fingerprint density at radius 2 is 1.85 bits per heavy atom. The molecule has 228 valence electrons. The normalized spacial score (nSPS) is 35.9. The first kappa shape index (κ1) is 32.2. The summed E-state index contributed by atoms with van der Waals surface area (Å²) in [6.07, 6.45) is -7.44. The number of rotatable bonds is 10. The van der Waals surface area contributed by atoms with E-state index in [9.17, 15) is 39.6 Å². The second-order valence-electron chi connectivity index (χ2n) is 9.02. The molecule has 2 aromatic rings. The zero-order chi connectivity index (χ0) is 30.3. The molecule has 4 heterocycles. The lowest BCUT2D eigenvalue weighted by Crippen LogP contribution is -2.61. The van der Waals surface area contributed by atoms with Gasteiger partial charge in [0.2, 0.25) is 0 Å². The van der Waals surface area contributed by atoms with Crippen molar-refractivity contribution in [3.63, 3.8) is 0 Å². The number of phosphoric acid groups is 1. The zero-order valence-corrected chi connectivity index (χ0v) is 23.3. The van der Waals surface area contributed by atoms with Crippen LogP contribution >= 0.6 is 26.9 Å². The van der Waals surface area contributed by atoms with E-state index in [-0.39, 0.29) is 16.9 Å². The Labute approximate surface area is 236 Å². The van der Waals surface area contributed by atoms with Crippen LogP contribution in [0.1, 0.15) is 11.7 Å². The average molecular weight is 643 g/mol. The van der Waals surface area contributed by atoms with Gasteiger partial charge in [-0.15, -0.1) is 6.42 Å². The van der Waals surface area contributed by atoms with Crippen molar-refractivity contribution in [2.45, 2.75) is 55.1 Å². The number of fused-ring (bicyclic) bond motifs is 1. The molecule has 0 radical (unpaired) electrons. The maximum absolute atomic E-state index is 12.7. The first-order valence-corrected chi connectivity index (χ1v) is 15.8. The van der Waals surface area contributed by atoms with Crippen molar-refractivity contribution in [2.24, 2.45) is 5.92 Å². The van der Waals surface area contributed by atoms with Gasteiger partial charge >= 0.3 is 14.6 Å². The summed E-state index contributed by atoms with van der Waals surface area (Å²) in [6.45, 7) is -6.45. The summed E-state index contributed by atoms with van der Waals surface area (Å²) in [5, 5.41) is 59.5. The molecule has 0 saturated carbocycles. The molecular formula is C20H27N3O15P2S. The van der Waals surface area contributed by atoms with Crippen LogP contribution in [-0.2, 0) is 32.0 Å². The van der Waals surface area contributed by atoms with Crippen molar-refractivity contribution in [1.82, 2.24) is 9.97 Å². The molecule has 9 N–H and O–H groups in total. The van der Waals surface area contributed by atoms with E-state index in [0.29, 0.717) is 5.56 Å². The second kappa shape index (κ2) is 12.5. The molecule has 2 aliphatic heterocycles. The molecule has 12 atom stereocenters. The third-order valence-electron chi connectivity index (χ3n) is 6.32. The lowest BCUT2D eigenvalue weighted by atomic mass is 9.93. The number of furan rings is 1. The number of aliphatic hydroxyl groups excluding tert-OH is 6. The van der Waals surface area contributed by atoms with Gasteiger partial charge in [-0.2, -0.15) is 4.31 Å². The number of ether oxygens (including phenoxy) is 2. The Kier molecular flexibility index (Phi) is 9.83. The van der Waals surface area contributed by atoms with E-state index in [4.69, 9.17) is 35.7 Å². The first-order chi connectivity index (χ1) is 19.2. The van der Waals surface area contributed by atoms with Gasteiger partial charge < -0.3 is 55.2 Å². The number of hydrogen-bond acceptors (Lipinski definition) is 17. The number of nitrogen functional groups attached to an aromatic ring is 1. The van der Waals surface area contributed by atoms with E-state index in [0.717, 1.165) is 0 Å². The molecule has 0 aliphatic carbocycles. The fraction of sp³-hybridized carbons (Fsp3) is 0.600. The summed E-state index contributed by atoms with van der Waals surface area (Å²) in [4.78, 5) is 18.0. The average Bonchev–Trinajstić information content (AvgIpc) is 3.47. The first-order valence-electron chi connectivity index (χ1n) is 11.6. The standard InChI is InChI=1S/C20H27N3O15P2S/c1-2-7-12(26)10(35-16(7)8-4-33-18-11(8)22-6-23-19(18)21)5-34-40(32,41)38-39(30,31)37-20-15(29)13(27)14(28)17(36-20)9(25)3-24/h1,4,6-7,9-10,12-17,20,24-29H,3,5H2,(H,30,31)(H,32,41)(H2,21,22,23)/t7-,9-,10+,12-,13?,14?,15?,16+,17?,20?,40?/m0/s1. The van der Waals surface area contributed by atoms with Gasteiger partial charge in [-0.1, -0.05) is 18.2 Å². The van der Waals surface area contributed by atoms with Gasteiger partial charge in [0.1, 0.15) is 54.6 Å². The van der Waals surface area contributed by atoms with Crippen molar-refractivity contribution in [2.75, 3.05) is 18.9 Å². The molecule has 41 heavy (non-hydrogen) atoms. The highest BCUT2D eigenvalue weighted by atomic mass is 32.7. The molecule has 0 spiro atoms. The molecule has 0 amide bonds. The van der Waals surface area contributed by atoms with Crippen LogP contribution in [0.15, 0.2) is 17.0 Å². The number of anilines is 1. The molecule has 21 heteroatoms. The monoisotopic (exact) mass is 643 g/mol. The molecule has 7 unspecified atom stereocenters. The van der Waals surface area contributed by atoms with Crippen molar-refractivity contribution >= 4 is 43.8 Å². The number of nitrogens with two attached hydrogens (primary N) is 1. The van der Waals surface area contributed by atoms with Crippen LogP contribution in [0.4, 0.5) is 5.82 Å². The molecule has 2 aliphatic rings. The topological polar surface area (TPSA) is 287 Å². The van der Waals surface area contributed by atoms with Crippen molar-refractivity contribution in [1.29, 1.82) is 0 Å². The molecule has 4 rings (SSSR count). The molecular weight excluding hydrogens is 616 g/mol. The lowest BCUT2D eigenvalue weighted by Gasteiger charge is -2.41. The summed E-state index contributed by atoms with van der Waals surface area (Å²) in [6, 6.07) is 0. The van der Waals surface area contributed by atoms with E-state index in [1.54, 1.807) is 0 Å². The molecule has 2 saturated heterocycles. The van der Waals surface area contributed by atoms with Crippen molar-refractivity contribution in [3.8, 4) is 12.3 Å². The van der Waals surface area contributed by atoms with Gasteiger partial charge in [-0.3, -0.25) is 9.05 Å². The number of terminal acetylenes is 1. The predicted octanol–water partition coefficient (Wildman–Crippen LogP) is -1.80. The summed E-state index contributed by atoms with van der Waals surface area (Å²) >= 11 is 3.62. The highest BCUT2D eigenvalue weighted by Crippen LogP contribution is 2.66. The molecule has 2 fully saturated rings. The molecule has 2 aromatic heterocycles. The van der Waals surface area contributed by atoms with Crippen LogP contribution in [-0.4, -0.2) is 108 Å². The number of thiol groups is 1. The lowest BCUT2D eigenvalue weighted by molar-refractivity contribution is -0.292. The van der Waals surface area contributed by atoms with Gasteiger partial charge in [0.25, 0.3) is 0 Å². The third-order valence-corrected chi connectivity index (χ3v) is 9.93. The minimum absolute atomic E-state index is 0.0534. The molecule has 18 nitrogen and oxygen atoms in total. The Bertz CT molecular complexity index is 1380. The highest BCUT2D eigenvalue weighted by Gasteiger charge is 2.51. The fourth-order valence-electron chi connectivity index (χ4n) is 4.30. The van der Waals surface area contributed by atoms with Crippen LogP contribution < -0.4 is 5.73 Å². The van der Waals surface area contributed by atoms with Crippen LogP contribution in [0.25, 0.3) is 11.1 Å². The number of aromatic nitrogens is 2. The smallest absolute Gasteiger partial charge is 0.458 e. The highest BCUT2D eigenvalue weighted by molar-refractivity contribution is 8.45. The van der Waals surface area contributed by atoms with Gasteiger partial charge in [0.05, 0.1) is 31.5 Å². The second-order valence-corrected chi connectivity index (χ2v) is 13.5. The van der Waals surface area contributed by atoms with Crippen LogP contribution in [0.5, 0.6) is 0 Å². The minimum atomic E-state index is -5.47. The fourth-order valence-corrected chi connectivity index (χ4v) is 7.49. The molecule has 0 aromatic carbocycles. The van der Waals surface area contributed by atoms with Gasteiger partial charge in [-0.25, -0.2) is 19.1 Å². The summed E-state index contributed by atoms with van der Waals surface area (Å²) in [5.41, 5.74) is 6.54. The van der Waals surface area contributed by atoms with E-state index in [1.807, 2.05) is 0 Å². The van der Waals surface area contributed by atoms with E-state index < -0.39 is 88.9 Å².